The molecular weight excluding hydrogens is 228 g/mol. The summed E-state index contributed by atoms with van der Waals surface area (Å²) < 4.78 is 0. The quantitative estimate of drug-likeness (QED) is 0.833. The number of hydrogen-bond acceptors (Lipinski definition) is 4. The summed E-state index contributed by atoms with van der Waals surface area (Å²) in [7, 11) is 0. The van der Waals surface area contributed by atoms with E-state index in [1.54, 1.807) is 0 Å². The molecule has 3 N–H and O–H groups in total. The van der Waals surface area contributed by atoms with Crippen molar-refractivity contribution >= 4 is 11.7 Å². The van der Waals surface area contributed by atoms with Gasteiger partial charge in [0.1, 0.15) is 11.5 Å². The number of nitrogens with two attached hydrogens (primary N) is 1. The molecule has 1 aromatic heterocycles. The van der Waals surface area contributed by atoms with Crippen molar-refractivity contribution in [2.24, 2.45) is 11.8 Å². The van der Waals surface area contributed by atoms with Crippen LogP contribution in [-0.4, -0.2) is 21.9 Å². The second kappa shape index (κ2) is 5.33. The molecule has 1 aliphatic rings. The van der Waals surface area contributed by atoms with E-state index in [-0.39, 0.29) is 17.8 Å². The summed E-state index contributed by atoms with van der Waals surface area (Å²) in [6.45, 7) is 4.45. The Morgan fingerprint density at radius 3 is 2.83 bits per heavy atom. The number of amides is 1. The number of hydrogen-bond donors (Lipinski definition) is 2. The van der Waals surface area contributed by atoms with Crippen LogP contribution in [0.2, 0.25) is 0 Å². The number of aromatic nitrogens is 2. The molecule has 0 aromatic carbocycles. The van der Waals surface area contributed by atoms with Crippen LogP contribution >= 0.6 is 0 Å². The second-order valence-corrected chi connectivity index (χ2v) is 5.30. The molecule has 0 saturated heterocycles. The number of carbonyl (C=O) groups excluding carboxylic acids is 1. The second-order valence-electron chi connectivity index (χ2n) is 5.30. The lowest BCUT2D eigenvalue weighted by atomic mass is 9.80. The zero-order valence-electron chi connectivity index (χ0n) is 10.9. The summed E-state index contributed by atoms with van der Waals surface area (Å²) >= 11 is 0. The van der Waals surface area contributed by atoms with Crippen LogP contribution < -0.4 is 11.1 Å². The highest BCUT2D eigenvalue weighted by Gasteiger charge is 2.27. The Morgan fingerprint density at radius 2 is 2.17 bits per heavy atom. The first-order valence-corrected chi connectivity index (χ1v) is 6.44. The highest BCUT2D eigenvalue weighted by molar-refractivity contribution is 5.92. The minimum Gasteiger partial charge on any atom is -0.382 e. The van der Waals surface area contributed by atoms with Crippen LogP contribution in [0, 0.1) is 11.8 Å². The molecule has 0 bridgehead atoms. The van der Waals surface area contributed by atoms with Gasteiger partial charge in [-0.2, -0.15) is 0 Å². The lowest BCUT2D eigenvalue weighted by molar-refractivity contribution is 0.0894. The van der Waals surface area contributed by atoms with Gasteiger partial charge >= 0.3 is 0 Å². The number of nitrogens with one attached hydrogen (secondary N) is 1. The Kier molecular flexibility index (Phi) is 3.79. The van der Waals surface area contributed by atoms with E-state index >= 15 is 0 Å². The smallest absolute Gasteiger partial charge is 0.271 e. The molecule has 0 radical (unpaired) electrons. The fourth-order valence-corrected chi connectivity index (χ4v) is 2.61. The molecule has 0 aliphatic heterocycles. The van der Waals surface area contributed by atoms with Crippen molar-refractivity contribution < 1.29 is 4.79 Å². The van der Waals surface area contributed by atoms with E-state index in [2.05, 4.69) is 29.1 Å². The number of nitrogen functional groups attached to an aromatic ring is 1. The van der Waals surface area contributed by atoms with Crippen molar-refractivity contribution in [3.8, 4) is 0 Å². The Morgan fingerprint density at radius 1 is 1.39 bits per heavy atom. The van der Waals surface area contributed by atoms with Crippen LogP contribution in [0.1, 0.15) is 43.6 Å². The van der Waals surface area contributed by atoms with Gasteiger partial charge in [0.05, 0.1) is 12.4 Å². The van der Waals surface area contributed by atoms with Crippen molar-refractivity contribution in [2.75, 3.05) is 5.73 Å². The highest BCUT2D eigenvalue weighted by atomic mass is 16.1. The van der Waals surface area contributed by atoms with Gasteiger partial charge in [0.2, 0.25) is 0 Å². The number of carbonyl (C=O) groups is 1. The summed E-state index contributed by atoms with van der Waals surface area (Å²) in [5.41, 5.74) is 5.81. The topological polar surface area (TPSA) is 80.9 Å². The first-order chi connectivity index (χ1) is 8.56. The van der Waals surface area contributed by atoms with Crippen molar-refractivity contribution in [2.45, 2.75) is 39.2 Å². The van der Waals surface area contributed by atoms with Crippen molar-refractivity contribution in [1.82, 2.24) is 15.3 Å². The molecule has 3 unspecified atom stereocenters. The van der Waals surface area contributed by atoms with Crippen LogP contribution in [-0.2, 0) is 0 Å². The molecule has 3 atom stereocenters. The lowest BCUT2D eigenvalue weighted by Gasteiger charge is -2.33. The van der Waals surface area contributed by atoms with Gasteiger partial charge in [-0.1, -0.05) is 13.8 Å². The molecule has 5 heteroatoms. The van der Waals surface area contributed by atoms with Crippen LogP contribution in [0.3, 0.4) is 0 Å². The third kappa shape index (κ3) is 2.97. The zero-order valence-corrected chi connectivity index (χ0v) is 10.9. The Balaban J connectivity index is 1.99. The molecule has 2 rings (SSSR count). The van der Waals surface area contributed by atoms with Crippen LogP contribution in [0.25, 0.3) is 0 Å². The first-order valence-electron chi connectivity index (χ1n) is 6.44. The molecule has 1 aliphatic carbocycles. The van der Waals surface area contributed by atoms with Gasteiger partial charge in [-0.15, -0.1) is 0 Å². The van der Waals surface area contributed by atoms with Gasteiger partial charge in [-0.25, -0.2) is 4.98 Å². The minimum absolute atomic E-state index is 0.179. The first kappa shape index (κ1) is 12.8. The standard InChI is InChI=1S/C13H20N4O/c1-8-3-4-10(9(2)5-8)17-13(18)11-6-15-7-12(14)16-11/h6-10H,3-5H2,1-2H3,(H2,14,16)(H,17,18). The normalized spacial score (nSPS) is 27.8. The van der Waals surface area contributed by atoms with Crippen molar-refractivity contribution in [3.63, 3.8) is 0 Å². The van der Waals surface area contributed by atoms with Gasteiger partial charge in [0.25, 0.3) is 5.91 Å². The molecule has 1 saturated carbocycles. The molecule has 1 heterocycles. The predicted octanol–water partition coefficient (Wildman–Crippen LogP) is 1.61. The van der Waals surface area contributed by atoms with Crippen LogP contribution in [0.15, 0.2) is 12.4 Å². The van der Waals surface area contributed by atoms with E-state index < -0.39 is 0 Å². The van der Waals surface area contributed by atoms with E-state index in [1.807, 2.05) is 0 Å². The summed E-state index contributed by atoms with van der Waals surface area (Å²) in [6.07, 6.45) is 6.23. The molecule has 1 amide bonds. The fraction of sp³-hybridized carbons (Fsp3) is 0.615. The summed E-state index contributed by atoms with van der Waals surface area (Å²) in [5, 5.41) is 3.04. The maximum absolute atomic E-state index is 12.0. The van der Waals surface area contributed by atoms with Gasteiger partial charge < -0.3 is 11.1 Å². The highest BCUT2D eigenvalue weighted by Crippen LogP contribution is 2.28. The van der Waals surface area contributed by atoms with Gasteiger partial charge in [-0.05, 0) is 31.1 Å². The molecular formula is C13H20N4O. The van der Waals surface area contributed by atoms with Crippen LogP contribution in [0.4, 0.5) is 5.82 Å². The van der Waals surface area contributed by atoms with Gasteiger partial charge in [0, 0.05) is 6.04 Å². The Hall–Kier alpha value is -1.65. The number of anilines is 1. The Bertz CT molecular complexity index is 435. The monoisotopic (exact) mass is 248 g/mol. The van der Waals surface area contributed by atoms with Crippen LogP contribution in [0.5, 0.6) is 0 Å². The summed E-state index contributed by atoms with van der Waals surface area (Å²) in [4.78, 5) is 19.9. The molecule has 98 valence electrons. The molecule has 0 spiro atoms. The van der Waals surface area contributed by atoms with Crippen molar-refractivity contribution in [3.05, 3.63) is 18.1 Å². The average molecular weight is 248 g/mol. The zero-order chi connectivity index (χ0) is 13.1. The molecule has 1 aromatic rings. The Labute approximate surface area is 107 Å². The molecule has 18 heavy (non-hydrogen) atoms. The SMILES string of the molecule is CC1CCC(NC(=O)c2cncc(N)n2)C(C)C1. The van der Waals surface area contributed by atoms with E-state index in [9.17, 15) is 4.79 Å². The average Bonchev–Trinajstić information content (AvgIpc) is 2.32. The summed E-state index contributed by atoms with van der Waals surface area (Å²) in [5.74, 6) is 1.35. The summed E-state index contributed by atoms with van der Waals surface area (Å²) in [6, 6.07) is 0.233. The van der Waals surface area contributed by atoms with E-state index in [1.165, 1.54) is 12.4 Å². The van der Waals surface area contributed by atoms with E-state index in [0.29, 0.717) is 11.6 Å². The lowest BCUT2D eigenvalue weighted by Crippen LogP contribution is -2.42. The number of nitrogens with zero attached hydrogens (tertiary/aromatic N) is 2. The molecule has 5 nitrogen and oxygen atoms in total. The minimum atomic E-state index is -0.179. The maximum Gasteiger partial charge on any atom is 0.271 e. The largest absolute Gasteiger partial charge is 0.382 e. The third-order valence-corrected chi connectivity index (χ3v) is 3.63. The third-order valence-electron chi connectivity index (χ3n) is 3.63. The van der Waals surface area contributed by atoms with Gasteiger partial charge in [0.15, 0.2) is 0 Å². The molecule has 1 fully saturated rings. The van der Waals surface area contributed by atoms with Crippen molar-refractivity contribution in [1.29, 1.82) is 0 Å². The van der Waals surface area contributed by atoms with E-state index in [0.717, 1.165) is 25.2 Å². The van der Waals surface area contributed by atoms with E-state index in [4.69, 9.17) is 5.73 Å². The maximum atomic E-state index is 12.0. The van der Waals surface area contributed by atoms with Gasteiger partial charge in [-0.3, -0.25) is 9.78 Å². The fourth-order valence-electron chi connectivity index (χ4n) is 2.61. The predicted molar refractivity (Wildman–Crippen MR) is 69.9 cm³/mol. The number of rotatable bonds is 2.